The van der Waals surface area contributed by atoms with Crippen molar-refractivity contribution in [1.82, 2.24) is 0 Å². The van der Waals surface area contributed by atoms with E-state index in [2.05, 4.69) is 158 Å². The zero-order valence-corrected chi connectivity index (χ0v) is 28.7. The Labute approximate surface area is 281 Å². The minimum atomic E-state index is -0.348. The largest absolute Gasteiger partial charge is 2.00 e. The van der Waals surface area contributed by atoms with Crippen LogP contribution < -0.4 is 27.0 Å². The zero-order chi connectivity index (χ0) is 29.7. The van der Waals surface area contributed by atoms with Gasteiger partial charge < -0.3 is 18.4 Å². The van der Waals surface area contributed by atoms with E-state index in [4.69, 9.17) is 5.73 Å². The first-order valence-corrected chi connectivity index (χ1v) is 17.8. The minimum absolute atomic E-state index is 0. The Kier molecular flexibility index (Phi) is 19.2. The second-order valence-corrected chi connectivity index (χ2v) is 14.2. The van der Waals surface area contributed by atoms with Crippen molar-refractivity contribution < 1.29 is 20.4 Å². The fraction of sp³-hybridized carbons (Fsp3) is 0.158. The van der Waals surface area contributed by atoms with Crippen LogP contribution in [0.5, 0.6) is 0 Å². The molecule has 1 nitrogen and oxygen atoms in total. The van der Waals surface area contributed by atoms with Gasteiger partial charge in [-0.05, 0) is 55.8 Å². The van der Waals surface area contributed by atoms with Crippen molar-refractivity contribution in [3.8, 4) is 11.2 Å². The summed E-state index contributed by atoms with van der Waals surface area (Å²) >= 11 is 4.40. The Morgan fingerprint density at radius 2 is 1.02 bits per heavy atom. The molecule has 0 aliphatic rings. The molecule has 0 fully saturated rings. The average Bonchev–Trinajstić information content (AvgIpc) is 3.06. The predicted octanol–water partition coefficient (Wildman–Crippen LogP) is 8.00. The van der Waals surface area contributed by atoms with Gasteiger partial charge in [-0.3, -0.25) is 0 Å². The van der Waals surface area contributed by atoms with Crippen molar-refractivity contribution in [2.24, 2.45) is 0 Å². The summed E-state index contributed by atoms with van der Waals surface area (Å²) < 4.78 is 0. The predicted molar refractivity (Wildman–Crippen MR) is 192 cm³/mol. The molecule has 0 saturated carbocycles. The van der Waals surface area contributed by atoms with Crippen LogP contribution in [0.15, 0.2) is 146 Å². The molecular weight excluding hydrogens is 671 g/mol. The van der Waals surface area contributed by atoms with Crippen molar-refractivity contribution in [3.05, 3.63) is 152 Å². The average molecular weight is 710 g/mol. The molecular formula is C38H39NP2PdS. The molecule has 0 aliphatic carbocycles. The topological polar surface area (TPSA) is 26.0 Å². The van der Waals surface area contributed by atoms with Gasteiger partial charge in [0.05, 0.1) is 0 Å². The molecule has 0 aliphatic heterocycles. The van der Waals surface area contributed by atoms with Gasteiger partial charge in [0.15, 0.2) is 0 Å². The smallest absolute Gasteiger partial charge is 0.725 e. The van der Waals surface area contributed by atoms with E-state index in [0.29, 0.717) is 0 Å². The monoisotopic (exact) mass is 709 g/mol. The Bertz CT molecular complexity index is 1270. The van der Waals surface area contributed by atoms with Crippen molar-refractivity contribution in [2.45, 2.75) is 26.2 Å². The van der Waals surface area contributed by atoms with Crippen molar-refractivity contribution in [3.63, 3.8) is 0 Å². The van der Waals surface area contributed by atoms with Crippen molar-refractivity contribution in [2.75, 3.05) is 18.1 Å². The van der Waals surface area contributed by atoms with Gasteiger partial charge in [-0.15, -0.1) is 5.92 Å². The van der Waals surface area contributed by atoms with Gasteiger partial charge in [0.1, 0.15) is 0 Å². The van der Waals surface area contributed by atoms with Crippen LogP contribution in [0.25, 0.3) is 0 Å². The molecule has 0 unspecified atom stereocenters. The second-order valence-electron chi connectivity index (χ2n) is 9.36. The van der Waals surface area contributed by atoms with Gasteiger partial charge in [-0.1, -0.05) is 140 Å². The molecule has 222 valence electrons. The molecule has 0 radical (unpaired) electrons. The molecule has 0 amide bonds. The maximum absolute atomic E-state index is 5.33. The maximum Gasteiger partial charge on any atom is 2.00 e. The van der Waals surface area contributed by atoms with Crippen LogP contribution in [0.3, 0.4) is 0 Å². The fourth-order valence-corrected chi connectivity index (χ4v) is 9.63. The van der Waals surface area contributed by atoms with E-state index in [0.717, 1.165) is 12.1 Å². The van der Waals surface area contributed by atoms with Gasteiger partial charge in [0.25, 0.3) is 0 Å². The van der Waals surface area contributed by atoms with E-state index < -0.39 is 0 Å². The molecule has 43 heavy (non-hydrogen) atoms. The summed E-state index contributed by atoms with van der Waals surface area (Å²) in [5, 5.41) is 8.32. The zero-order valence-electron chi connectivity index (χ0n) is 24.6. The number of unbranched alkanes of at least 4 members (excludes halogenated alkanes) is 2. The van der Waals surface area contributed by atoms with Gasteiger partial charge in [-0.2, -0.15) is 30.3 Å². The Hall–Kier alpha value is -2.80. The number of hydrogen-bond donors (Lipinski definition) is 1. The first-order chi connectivity index (χ1) is 20.7. The SMILES string of the molecule is CCCCC#C[S-].Nc1c[c-]ccc1.[Pd+2].c1ccc(P(CCP(c2ccccc2)c2ccccc2)c2ccccc2)cc1. The van der Waals surface area contributed by atoms with E-state index >= 15 is 0 Å². The van der Waals surface area contributed by atoms with E-state index in [1.807, 2.05) is 18.2 Å². The molecule has 0 saturated heterocycles. The van der Waals surface area contributed by atoms with Crippen LogP contribution in [0.2, 0.25) is 0 Å². The molecule has 5 aromatic carbocycles. The van der Waals surface area contributed by atoms with Gasteiger partial charge in [-0.25, -0.2) is 5.25 Å². The maximum atomic E-state index is 5.33. The third kappa shape index (κ3) is 14.0. The second kappa shape index (κ2) is 22.7. The van der Waals surface area contributed by atoms with Crippen LogP contribution in [-0.2, 0) is 33.1 Å². The van der Waals surface area contributed by atoms with Crippen molar-refractivity contribution >= 4 is 55.4 Å². The molecule has 2 N–H and O–H groups in total. The number of anilines is 1. The number of benzene rings is 5. The summed E-state index contributed by atoms with van der Waals surface area (Å²) in [6, 6.07) is 54.3. The molecule has 0 aromatic heterocycles. The summed E-state index contributed by atoms with van der Waals surface area (Å²) in [6.07, 6.45) is 5.78. The van der Waals surface area contributed by atoms with E-state index in [-0.39, 0.29) is 36.3 Å². The normalized spacial score (nSPS) is 9.74. The Balaban J connectivity index is 0.000000356. The van der Waals surface area contributed by atoms with Crippen LogP contribution in [0, 0.1) is 17.2 Å². The van der Waals surface area contributed by atoms with Crippen LogP contribution in [-0.4, -0.2) is 12.3 Å². The summed E-state index contributed by atoms with van der Waals surface area (Å²) in [7, 11) is -0.696. The molecule has 0 heterocycles. The summed E-state index contributed by atoms with van der Waals surface area (Å²) in [4.78, 5) is 0. The third-order valence-corrected chi connectivity index (χ3v) is 11.8. The summed E-state index contributed by atoms with van der Waals surface area (Å²) in [5.41, 5.74) is 6.09. The molecule has 5 aromatic rings. The summed E-state index contributed by atoms with van der Waals surface area (Å²) in [6.45, 7) is 2.14. The summed E-state index contributed by atoms with van der Waals surface area (Å²) in [5.74, 6) is 2.81. The first-order valence-electron chi connectivity index (χ1n) is 14.3. The van der Waals surface area contributed by atoms with Crippen molar-refractivity contribution in [1.29, 1.82) is 0 Å². The van der Waals surface area contributed by atoms with Crippen LogP contribution in [0.1, 0.15) is 26.2 Å². The first kappa shape index (κ1) is 36.4. The third-order valence-electron chi connectivity index (χ3n) is 6.28. The van der Waals surface area contributed by atoms with Crippen LogP contribution in [0.4, 0.5) is 5.69 Å². The molecule has 0 atom stereocenters. The van der Waals surface area contributed by atoms with Crippen LogP contribution >= 0.6 is 15.8 Å². The van der Waals surface area contributed by atoms with E-state index in [1.165, 1.54) is 46.4 Å². The number of rotatable bonds is 9. The van der Waals surface area contributed by atoms with Gasteiger partial charge in [0.2, 0.25) is 0 Å². The van der Waals surface area contributed by atoms with E-state index in [9.17, 15) is 0 Å². The number of hydrogen-bond acceptors (Lipinski definition) is 2. The molecule has 0 bridgehead atoms. The number of nitrogen functional groups attached to an aromatic ring is 1. The Morgan fingerprint density at radius 1 is 0.628 bits per heavy atom. The fourth-order valence-electron chi connectivity index (χ4n) is 4.17. The van der Waals surface area contributed by atoms with Gasteiger partial charge in [0, 0.05) is 6.42 Å². The molecule has 0 spiro atoms. The Morgan fingerprint density at radius 3 is 1.28 bits per heavy atom. The molecule has 5 rings (SSSR count). The van der Waals surface area contributed by atoms with E-state index in [1.54, 1.807) is 6.07 Å². The van der Waals surface area contributed by atoms with Gasteiger partial charge >= 0.3 is 20.4 Å². The quantitative estimate of drug-likeness (QED) is 0.0320. The number of nitrogens with two attached hydrogens (primary N) is 1. The standard InChI is InChI=1S/C26H24P2.C6H6N.C6H10S.Pd/c1-5-13-23(14-6-1)27(24-15-7-2-8-16-24)21-22-28(25-17-9-3-10-18-25)26-19-11-4-12-20-26;7-6-4-2-1-3-5-6;1-2-3-4-5-6-7;/h1-20H,21-22H2;1-2,4-5H,7H2;7H,2-4H2,1H3;/q;-1;;+2/p-1. The minimum Gasteiger partial charge on any atom is -0.725 e. The molecule has 5 heteroatoms.